The van der Waals surface area contributed by atoms with Crippen LogP contribution in [0.15, 0.2) is 29.1 Å². The first-order valence-corrected chi connectivity index (χ1v) is 8.10. The Morgan fingerprint density at radius 2 is 1.89 bits per heavy atom. The van der Waals surface area contributed by atoms with E-state index in [0.717, 1.165) is 0 Å². The maximum atomic E-state index is 12.2. The second kappa shape index (κ2) is 6.32. The minimum Gasteiger partial charge on any atom is -0.508 e. The number of nitrogens with zero attached hydrogens (tertiary/aromatic N) is 3. The number of nitrogens with one attached hydrogen (secondary N) is 1. The Balaban J connectivity index is 1.98. The number of aromatic hydroxyl groups is 1. The molecule has 0 aliphatic carbocycles. The van der Waals surface area contributed by atoms with E-state index in [4.69, 9.17) is 10.5 Å². The number of hydrogen-bond acceptors (Lipinski definition) is 9. The van der Waals surface area contributed by atoms with Crippen LogP contribution in [0.1, 0.15) is 6.23 Å². The first kappa shape index (κ1) is 17.4. The van der Waals surface area contributed by atoms with Gasteiger partial charge in [0, 0.05) is 5.56 Å². The zero-order chi connectivity index (χ0) is 19.3. The number of phenols is 1. The van der Waals surface area contributed by atoms with Gasteiger partial charge in [-0.1, -0.05) is 0 Å². The standard InChI is InChI=1S/C16H17N5O6/c17-16-19-13-9(14(26)20-16)18-12(6-1-3-7(23)4-2-6)21(13)15-11(25)10(24)8(5-22)27-15/h1-4,8,10-11,15,22-25H,5H2,(H3,17,19,20,26). The van der Waals surface area contributed by atoms with Gasteiger partial charge in [-0.25, -0.2) is 4.98 Å². The van der Waals surface area contributed by atoms with E-state index in [1.807, 2.05) is 0 Å². The number of aliphatic hydroxyl groups excluding tert-OH is 3. The van der Waals surface area contributed by atoms with Crippen LogP contribution in [0, 0.1) is 0 Å². The molecule has 11 heteroatoms. The summed E-state index contributed by atoms with van der Waals surface area (Å²) in [7, 11) is 0. The van der Waals surface area contributed by atoms with E-state index in [1.165, 1.54) is 16.7 Å². The van der Waals surface area contributed by atoms with Crippen molar-refractivity contribution in [2.75, 3.05) is 12.3 Å². The van der Waals surface area contributed by atoms with Gasteiger partial charge < -0.3 is 30.9 Å². The summed E-state index contributed by atoms with van der Waals surface area (Å²) < 4.78 is 6.93. The zero-order valence-electron chi connectivity index (χ0n) is 13.9. The molecule has 0 amide bonds. The van der Waals surface area contributed by atoms with Crippen molar-refractivity contribution in [3.8, 4) is 17.1 Å². The topological polar surface area (TPSA) is 180 Å². The number of hydrogen-bond donors (Lipinski definition) is 6. The zero-order valence-corrected chi connectivity index (χ0v) is 13.9. The molecule has 1 saturated heterocycles. The fourth-order valence-corrected chi connectivity index (χ4v) is 3.15. The molecule has 4 atom stereocenters. The molecule has 1 aliphatic rings. The van der Waals surface area contributed by atoms with E-state index in [0.29, 0.717) is 5.56 Å². The minimum absolute atomic E-state index is 0.0366. The highest BCUT2D eigenvalue weighted by molar-refractivity contribution is 5.77. The third kappa shape index (κ3) is 2.73. The van der Waals surface area contributed by atoms with Gasteiger partial charge in [0.1, 0.15) is 29.9 Å². The Labute approximate surface area is 151 Å². The van der Waals surface area contributed by atoms with E-state index in [9.17, 15) is 25.2 Å². The number of aromatic amines is 1. The molecule has 1 aromatic carbocycles. The monoisotopic (exact) mass is 375 g/mol. The lowest BCUT2D eigenvalue weighted by molar-refractivity contribution is -0.0503. The number of imidazole rings is 1. The summed E-state index contributed by atoms with van der Waals surface area (Å²) >= 11 is 0. The van der Waals surface area contributed by atoms with Gasteiger partial charge in [-0.15, -0.1) is 0 Å². The highest BCUT2D eigenvalue weighted by Crippen LogP contribution is 2.35. The van der Waals surface area contributed by atoms with E-state index in [-0.39, 0.29) is 28.7 Å². The van der Waals surface area contributed by atoms with Crippen LogP contribution < -0.4 is 11.3 Å². The molecule has 1 aliphatic heterocycles. The molecule has 1 fully saturated rings. The van der Waals surface area contributed by atoms with Crippen molar-refractivity contribution in [3.05, 3.63) is 34.6 Å². The highest BCUT2D eigenvalue weighted by atomic mass is 16.6. The fourth-order valence-electron chi connectivity index (χ4n) is 3.15. The number of fused-ring (bicyclic) bond motifs is 1. The number of nitrogen functional groups attached to an aromatic ring is 1. The lowest BCUT2D eigenvalue weighted by atomic mass is 10.1. The van der Waals surface area contributed by atoms with Crippen LogP contribution in [0.2, 0.25) is 0 Å². The van der Waals surface area contributed by atoms with E-state index >= 15 is 0 Å². The summed E-state index contributed by atoms with van der Waals surface area (Å²) in [5.41, 5.74) is 5.58. The molecular weight excluding hydrogens is 358 g/mol. The summed E-state index contributed by atoms with van der Waals surface area (Å²) in [4.78, 5) is 23.0. The van der Waals surface area contributed by atoms with Gasteiger partial charge >= 0.3 is 0 Å². The first-order chi connectivity index (χ1) is 12.9. The fraction of sp³-hybridized carbons (Fsp3) is 0.312. The number of benzene rings is 1. The van der Waals surface area contributed by atoms with Crippen LogP contribution in [0.25, 0.3) is 22.6 Å². The molecule has 7 N–H and O–H groups in total. The number of ether oxygens (including phenoxy) is 1. The second-order valence-electron chi connectivity index (χ2n) is 6.20. The van der Waals surface area contributed by atoms with Crippen molar-refractivity contribution in [2.45, 2.75) is 24.5 Å². The summed E-state index contributed by atoms with van der Waals surface area (Å²) in [6.07, 6.45) is -4.93. The van der Waals surface area contributed by atoms with Crippen LogP contribution in [0.4, 0.5) is 5.95 Å². The maximum Gasteiger partial charge on any atom is 0.280 e. The number of aliphatic hydroxyl groups is 3. The average molecular weight is 375 g/mol. The Morgan fingerprint density at radius 3 is 2.52 bits per heavy atom. The van der Waals surface area contributed by atoms with Crippen LogP contribution in [-0.4, -0.2) is 64.9 Å². The molecule has 27 heavy (non-hydrogen) atoms. The molecule has 2 aromatic heterocycles. The largest absolute Gasteiger partial charge is 0.508 e. The molecule has 11 nitrogen and oxygen atoms in total. The SMILES string of the molecule is Nc1nc2c(nc(-c3ccc(O)cc3)n2C2OC(CO)C(O)C2O)c(=O)[nH]1. The van der Waals surface area contributed by atoms with Crippen LogP contribution in [-0.2, 0) is 4.74 Å². The van der Waals surface area contributed by atoms with Gasteiger partial charge in [0.25, 0.3) is 5.56 Å². The molecule has 4 rings (SSSR count). The maximum absolute atomic E-state index is 12.2. The summed E-state index contributed by atoms with van der Waals surface area (Å²) in [5, 5.41) is 39.4. The summed E-state index contributed by atoms with van der Waals surface area (Å²) in [6, 6.07) is 5.99. The third-order valence-electron chi connectivity index (χ3n) is 4.47. The van der Waals surface area contributed by atoms with Crippen LogP contribution in [0.3, 0.4) is 0 Å². The molecule has 0 bridgehead atoms. The van der Waals surface area contributed by atoms with E-state index < -0.39 is 36.7 Å². The molecule has 3 aromatic rings. The molecule has 0 saturated carbocycles. The lowest BCUT2D eigenvalue weighted by Crippen LogP contribution is -2.33. The van der Waals surface area contributed by atoms with Gasteiger partial charge in [-0.05, 0) is 24.3 Å². The normalized spacial score (nSPS) is 25.3. The van der Waals surface area contributed by atoms with E-state index in [2.05, 4.69) is 15.0 Å². The van der Waals surface area contributed by atoms with Gasteiger partial charge in [0.15, 0.2) is 17.4 Å². The molecule has 142 valence electrons. The molecule has 0 spiro atoms. The second-order valence-corrected chi connectivity index (χ2v) is 6.20. The quantitative estimate of drug-likeness (QED) is 0.324. The molecule has 3 heterocycles. The summed E-state index contributed by atoms with van der Waals surface area (Å²) in [6.45, 7) is -0.508. The minimum atomic E-state index is -1.40. The molecule has 0 radical (unpaired) electrons. The number of H-pyrrole nitrogens is 1. The third-order valence-corrected chi connectivity index (χ3v) is 4.47. The Morgan fingerprint density at radius 1 is 1.19 bits per heavy atom. The predicted octanol–water partition coefficient (Wildman–Crippen LogP) is -1.31. The highest BCUT2D eigenvalue weighted by Gasteiger charge is 2.45. The van der Waals surface area contributed by atoms with Gasteiger partial charge in [-0.2, -0.15) is 4.98 Å². The van der Waals surface area contributed by atoms with Crippen molar-refractivity contribution < 1.29 is 25.2 Å². The Hall–Kier alpha value is -2.99. The molecular formula is C16H17N5O6. The van der Waals surface area contributed by atoms with Gasteiger partial charge in [-0.3, -0.25) is 14.3 Å². The van der Waals surface area contributed by atoms with Crippen molar-refractivity contribution in [2.24, 2.45) is 0 Å². The van der Waals surface area contributed by atoms with Crippen molar-refractivity contribution >= 4 is 17.1 Å². The van der Waals surface area contributed by atoms with Crippen molar-refractivity contribution in [1.82, 2.24) is 19.5 Å². The smallest absolute Gasteiger partial charge is 0.280 e. The Bertz CT molecular complexity index is 1050. The average Bonchev–Trinajstić information content (AvgIpc) is 3.14. The number of anilines is 1. The molecule has 4 unspecified atom stereocenters. The number of phenolic OH excluding ortho intramolecular Hbond substituents is 1. The van der Waals surface area contributed by atoms with Crippen molar-refractivity contribution in [1.29, 1.82) is 0 Å². The van der Waals surface area contributed by atoms with Gasteiger partial charge in [0.05, 0.1) is 6.61 Å². The van der Waals surface area contributed by atoms with E-state index in [1.54, 1.807) is 12.1 Å². The van der Waals surface area contributed by atoms with Crippen molar-refractivity contribution in [3.63, 3.8) is 0 Å². The number of aromatic nitrogens is 4. The summed E-state index contributed by atoms with van der Waals surface area (Å²) in [5.74, 6) is 0.0932. The predicted molar refractivity (Wildman–Crippen MR) is 92.7 cm³/mol. The number of rotatable bonds is 3. The van der Waals surface area contributed by atoms with Gasteiger partial charge in [0.2, 0.25) is 5.95 Å². The van der Waals surface area contributed by atoms with Crippen LogP contribution in [0.5, 0.6) is 5.75 Å². The Kier molecular flexibility index (Phi) is 4.08. The number of nitrogens with two attached hydrogens (primary N) is 1. The van der Waals surface area contributed by atoms with Crippen LogP contribution >= 0.6 is 0 Å². The lowest BCUT2D eigenvalue weighted by Gasteiger charge is -2.19. The first-order valence-electron chi connectivity index (χ1n) is 8.10.